The van der Waals surface area contributed by atoms with Gasteiger partial charge < -0.3 is 5.11 Å². The lowest BCUT2D eigenvalue weighted by Crippen LogP contribution is -2.03. The van der Waals surface area contributed by atoms with E-state index >= 15 is 0 Å². The van der Waals surface area contributed by atoms with Gasteiger partial charge >= 0.3 is 0 Å². The molecule has 0 saturated carbocycles. The topological polar surface area (TPSA) is 37.3 Å². The summed E-state index contributed by atoms with van der Waals surface area (Å²) in [5.41, 5.74) is 0. The lowest BCUT2D eigenvalue weighted by atomic mass is 10.2. The van der Waals surface area contributed by atoms with Crippen molar-refractivity contribution in [2.24, 2.45) is 5.92 Å². The molecular weight excluding hydrogens is 259 g/mol. The fourth-order valence-corrected chi connectivity index (χ4v) is 0.952. The second-order valence-electron chi connectivity index (χ2n) is 3.65. The van der Waals surface area contributed by atoms with Gasteiger partial charge in [0, 0.05) is 6.08 Å². The number of halogens is 2. The van der Waals surface area contributed by atoms with Crippen molar-refractivity contribution in [2.75, 3.05) is 0 Å². The highest BCUT2D eigenvalue weighted by molar-refractivity contribution is 6.54. The van der Waals surface area contributed by atoms with E-state index in [1.54, 1.807) is 12.2 Å². The van der Waals surface area contributed by atoms with Crippen molar-refractivity contribution in [3.8, 4) is 0 Å². The van der Waals surface area contributed by atoms with E-state index in [1.165, 1.54) is 6.08 Å². The molecule has 0 atom stereocenters. The number of allylic oxidation sites excluding steroid dienone is 7. The molecule has 0 spiro atoms. The quantitative estimate of drug-likeness (QED) is 0.342. The molecule has 0 aromatic carbocycles. The number of aliphatic hydroxyl groups is 1. The number of aliphatic hydroxyl groups excluding tert-OH is 1. The van der Waals surface area contributed by atoms with Crippen molar-refractivity contribution >= 4 is 29.0 Å². The van der Waals surface area contributed by atoms with Gasteiger partial charge in [0.1, 0.15) is 5.76 Å². The summed E-state index contributed by atoms with van der Waals surface area (Å²) in [5.74, 6) is -0.225. The highest BCUT2D eigenvalue weighted by Crippen LogP contribution is 2.05. The molecule has 0 aliphatic carbocycles. The Kier molecular flexibility index (Phi) is 8.55. The maximum atomic E-state index is 11.0. The van der Waals surface area contributed by atoms with Crippen LogP contribution in [0.4, 0.5) is 0 Å². The summed E-state index contributed by atoms with van der Waals surface area (Å²) < 4.78 is 0. The molecule has 0 aromatic heterocycles. The van der Waals surface area contributed by atoms with Crippen LogP contribution in [0.15, 0.2) is 48.3 Å². The Labute approximate surface area is 112 Å². The maximum absolute atomic E-state index is 11.0. The zero-order valence-corrected chi connectivity index (χ0v) is 11.3. The van der Waals surface area contributed by atoms with Gasteiger partial charge in [-0.3, -0.25) is 4.79 Å². The summed E-state index contributed by atoms with van der Waals surface area (Å²) in [5, 5.41) is 9.30. The van der Waals surface area contributed by atoms with Crippen molar-refractivity contribution in [1.29, 1.82) is 0 Å². The monoisotopic (exact) mass is 274 g/mol. The molecule has 0 aliphatic rings. The van der Waals surface area contributed by atoms with E-state index < -0.39 is 10.6 Å². The smallest absolute Gasteiger partial charge is 0.192 e. The third kappa shape index (κ3) is 9.91. The number of rotatable bonds is 6. The fourth-order valence-electron chi connectivity index (χ4n) is 0.826. The zero-order chi connectivity index (χ0) is 13.3. The van der Waals surface area contributed by atoms with Crippen LogP contribution in [0.2, 0.25) is 0 Å². The number of carbonyl (C=O) groups is 1. The van der Waals surface area contributed by atoms with Crippen LogP contribution in [0.5, 0.6) is 0 Å². The van der Waals surface area contributed by atoms with Crippen LogP contribution in [0.25, 0.3) is 0 Å². The molecule has 4 heteroatoms. The number of carbonyl (C=O) groups excluding carboxylic acids is 1. The molecule has 0 amide bonds. The number of hydrogen-bond acceptors (Lipinski definition) is 2. The summed E-state index contributed by atoms with van der Waals surface area (Å²) in [6.07, 6.45) is 11.5. The first-order valence-corrected chi connectivity index (χ1v) is 6.05. The molecule has 0 bridgehead atoms. The van der Waals surface area contributed by atoms with E-state index in [0.29, 0.717) is 5.92 Å². The van der Waals surface area contributed by atoms with Crippen LogP contribution in [0.3, 0.4) is 0 Å². The van der Waals surface area contributed by atoms with Gasteiger partial charge in [-0.2, -0.15) is 0 Å². The van der Waals surface area contributed by atoms with E-state index in [9.17, 15) is 9.90 Å². The molecule has 0 aromatic rings. The van der Waals surface area contributed by atoms with Gasteiger partial charge in [-0.05, 0) is 12.0 Å². The van der Waals surface area contributed by atoms with Gasteiger partial charge in [0.2, 0.25) is 0 Å². The molecule has 1 N–H and O–H groups in total. The minimum absolute atomic E-state index is 0.182. The first-order valence-electron chi connectivity index (χ1n) is 5.17. The number of alkyl halides is 2. The van der Waals surface area contributed by atoms with Crippen LogP contribution in [0, 0.1) is 5.92 Å². The molecule has 0 rings (SSSR count). The average Bonchev–Trinajstić information content (AvgIpc) is 2.22. The van der Waals surface area contributed by atoms with Gasteiger partial charge in [-0.25, -0.2) is 0 Å². The van der Waals surface area contributed by atoms with E-state index in [2.05, 4.69) is 13.8 Å². The van der Waals surface area contributed by atoms with Crippen molar-refractivity contribution < 1.29 is 9.90 Å². The molecule has 17 heavy (non-hydrogen) atoms. The highest BCUT2D eigenvalue weighted by Gasteiger charge is 2.08. The van der Waals surface area contributed by atoms with E-state index in [4.69, 9.17) is 23.2 Å². The van der Waals surface area contributed by atoms with Crippen molar-refractivity contribution in [2.45, 2.75) is 18.7 Å². The van der Waals surface area contributed by atoms with Gasteiger partial charge in [0.15, 0.2) is 10.6 Å². The first-order chi connectivity index (χ1) is 7.93. The molecule has 94 valence electrons. The standard InChI is InChI=1S/C13H16Cl2O2/c1-10(2)7-5-3-4-6-8-11(16)9-12(17)13(14)15/h3-10,13,16H,1-2H3. The molecule has 0 saturated heterocycles. The third-order valence-corrected chi connectivity index (χ3v) is 2.03. The normalized spacial score (nSPS) is 13.9. The minimum atomic E-state index is -1.14. The van der Waals surface area contributed by atoms with E-state index in [-0.39, 0.29) is 5.76 Å². The van der Waals surface area contributed by atoms with E-state index in [1.807, 2.05) is 18.2 Å². The molecular formula is C13H16Cl2O2. The van der Waals surface area contributed by atoms with Crippen molar-refractivity contribution in [1.82, 2.24) is 0 Å². The minimum Gasteiger partial charge on any atom is -0.508 e. The number of hydrogen-bond donors (Lipinski definition) is 1. The zero-order valence-electron chi connectivity index (χ0n) is 9.81. The summed E-state index contributed by atoms with van der Waals surface area (Å²) in [6.45, 7) is 4.16. The number of ketones is 1. The third-order valence-electron chi connectivity index (χ3n) is 1.60. The second kappa shape index (κ2) is 9.08. The molecule has 2 nitrogen and oxygen atoms in total. The SMILES string of the molecule is CC(C)C=CC=CC=CC(O)=CC(=O)C(Cl)Cl. The maximum Gasteiger partial charge on any atom is 0.192 e. The van der Waals surface area contributed by atoms with Gasteiger partial charge in [0.05, 0.1) is 0 Å². The van der Waals surface area contributed by atoms with E-state index in [0.717, 1.165) is 6.08 Å². The molecule has 0 heterocycles. The predicted molar refractivity (Wildman–Crippen MR) is 73.5 cm³/mol. The largest absolute Gasteiger partial charge is 0.508 e. The lowest BCUT2D eigenvalue weighted by molar-refractivity contribution is -0.113. The molecule has 0 unspecified atom stereocenters. The Morgan fingerprint density at radius 1 is 1.12 bits per heavy atom. The molecule has 0 aliphatic heterocycles. The summed E-state index contributed by atoms with van der Waals surface area (Å²) in [7, 11) is 0. The van der Waals surface area contributed by atoms with Gasteiger partial charge in [-0.15, -0.1) is 0 Å². The van der Waals surface area contributed by atoms with Crippen LogP contribution >= 0.6 is 23.2 Å². The Hall–Kier alpha value is -0.990. The predicted octanol–water partition coefficient (Wildman–Crippen LogP) is 4.13. The average molecular weight is 275 g/mol. The van der Waals surface area contributed by atoms with Crippen LogP contribution < -0.4 is 0 Å². The Bertz CT molecular complexity index is 350. The van der Waals surface area contributed by atoms with Crippen LogP contribution in [-0.4, -0.2) is 15.7 Å². The Morgan fingerprint density at radius 3 is 2.24 bits per heavy atom. The lowest BCUT2D eigenvalue weighted by Gasteiger charge is -1.93. The van der Waals surface area contributed by atoms with Gasteiger partial charge in [0.25, 0.3) is 0 Å². The Morgan fingerprint density at radius 2 is 1.71 bits per heavy atom. The first kappa shape index (κ1) is 16.0. The summed E-state index contributed by atoms with van der Waals surface area (Å²) in [4.78, 5) is 9.86. The van der Waals surface area contributed by atoms with Crippen molar-refractivity contribution in [3.63, 3.8) is 0 Å². The second-order valence-corrected chi connectivity index (χ2v) is 4.74. The molecule has 0 fully saturated rings. The van der Waals surface area contributed by atoms with Crippen LogP contribution in [0.1, 0.15) is 13.8 Å². The van der Waals surface area contributed by atoms with Crippen LogP contribution in [-0.2, 0) is 4.79 Å². The highest BCUT2D eigenvalue weighted by atomic mass is 35.5. The van der Waals surface area contributed by atoms with Gasteiger partial charge in [-0.1, -0.05) is 67.4 Å². The summed E-state index contributed by atoms with van der Waals surface area (Å²) in [6, 6.07) is 0. The molecule has 0 radical (unpaired) electrons. The fraction of sp³-hybridized carbons (Fsp3) is 0.308. The van der Waals surface area contributed by atoms with Crippen molar-refractivity contribution in [3.05, 3.63) is 48.3 Å². The Balaban J connectivity index is 4.21. The summed E-state index contributed by atoms with van der Waals surface area (Å²) >= 11 is 10.6.